The first-order valence-electron chi connectivity index (χ1n) is 13.5. The van der Waals surface area contributed by atoms with Gasteiger partial charge in [-0.15, -0.1) is 0 Å². The van der Waals surface area contributed by atoms with Crippen molar-refractivity contribution in [2.45, 2.75) is 56.1 Å². The van der Waals surface area contributed by atoms with E-state index in [1.807, 2.05) is 12.1 Å². The Morgan fingerprint density at radius 3 is 2.81 bits per heavy atom. The molecule has 196 valence electrons. The van der Waals surface area contributed by atoms with Gasteiger partial charge in [0.25, 0.3) is 0 Å². The SMILES string of the molecule is COc1ccc2c(c1)[C@]1(C[C@H]1C1CCC3C(C1)NNC3Nc1nc(N3CCCC3)ncc1OC)C(=O)N2. The molecule has 2 saturated heterocycles. The Bertz CT molecular complexity index is 1220. The van der Waals surface area contributed by atoms with E-state index in [4.69, 9.17) is 14.5 Å². The van der Waals surface area contributed by atoms with Crippen LogP contribution in [0.4, 0.5) is 17.5 Å². The lowest BCUT2D eigenvalue weighted by Gasteiger charge is -2.34. The first-order chi connectivity index (χ1) is 18.1. The Balaban J connectivity index is 1.05. The summed E-state index contributed by atoms with van der Waals surface area (Å²) in [4.78, 5) is 24.7. The first-order valence-corrected chi connectivity index (χ1v) is 13.5. The predicted octanol–water partition coefficient (Wildman–Crippen LogP) is 2.63. The normalized spacial score (nSPS) is 33.7. The largest absolute Gasteiger partial charge is 0.497 e. The number of amides is 1. The number of aromatic nitrogens is 2. The zero-order chi connectivity index (χ0) is 25.1. The standard InChI is InChI=1S/C27H35N7O3/c1-36-16-6-8-20-18(12-16)27(25(35)29-20)13-19(27)15-5-7-17-21(11-15)32-33-23(17)30-24-22(37-2)14-28-26(31-24)34-9-3-4-10-34/h6,8,12,14-15,17,19,21,23,32-33H,3-5,7,9-11,13H2,1-2H3,(H,29,35)(H,28,30,31)/t15?,17?,19-,21?,23?,27-/m0/s1. The number of nitrogens with zero attached hydrogens (tertiary/aromatic N) is 3. The Hall–Kier alpha value is -3.11. The molecule has 1 spiro atoms. The molecule has 0 bridgehead atoms. The van der Waals surface area contributed by atoms with Gasteiger partial charge in [0.2, 0.25) is 11.9 Å². The molecule has 3 aliphatic heterocycles. The molecule has 37 heavy (non-hydrogen) atoms. The van der Waals surface area contributed by atoms with Crippen LogP contribution in [0.3, 0.4) is 0 Å². The fourth-order valence-corrected chi connectivity index (χ4v) is 7.35. The number of methoxy groups -OCH3 is 2. The second-order valence-corrected chi connectivity index (χ2v) is 11.2. The van der Waals surface area contributed by atoms with Gasteiger partial charge < -0.3 is 25.0 Å². The van der Waals surface area contributed by atoms with Crippen molar-refractivity contribution in [3.05, 3.63) is 30.0 Å². The minimum atomic E-state index is -0.384. The Morgan fingerprint density at radius 1 is 1.14 bits per heavy atom. The lowest BCUT2D eigenvalue weighted by Crippen LogP contribution is -2.39. The Labute approximate surface area is 216 Å². The lowest BCUT2D eigenvalue weighted by molar-refractivity contribution is -0.118. The quantitative estimate of drug-likeness (QED) is 0.471. The third-order valence-electron chi connectivity index (χ3n) is 9.38. The van der Waals surface area contributed by atoms with Crippen molar-refractivity contribution < 1.29 is 14.3 Å². The molecule has 2 aliphatic carbocycles. The van der Waals surface area contributed by atoms with Crippen molar-refractivity contribution in [2.24, 2.45) is 17.8 Å². The second-order valence-electron chi connectivity index (χ2n) is 11.2. The minimum Gasteiger partial charge on any atom is -0.497 e. The number of nitrogens with one attached hydrogen (secondary N) is 4. The van der Waals surface area contributed by atoms with Gasteiger partial charge in [-0.3, -0.25) is 10.2 Å². The molecule has 1 aromatic carbocycles. The summed E-state index contributed by atoms with van der Waals surface area (Å²) in [6.07, 6.45) is 8.35. The summed E-state index contributed by atoms with van der Waals surface area (Å²) in [6.45, 7) is 2.00. The number of hydrazine groups is 1. The van der Waals surface area contributed by atoms with Gasteiger partial charge in [0.05, 0.1) is 32.0 Å². The van der Waals surface area contributed by atoms with Gasteiger partial charge in [0, 0.05) is 30.7 Å². The molecule has 0 radical (unpaired) electrons. The highest BCUT2D eigenvalue weighted by molar-refractivity contribution is 6.09. The molecule has 5 aliphatic rings. The highest BCUT2D eigenvalue weighted by Crippen LogP contribution is 2.65. The van der Waals surface area contributed by atoms with E-state index >= 15 is 0 Å². The fraction of sp³-hybridized carbons (Fsp3) is 0.593. The average molecular weight is 506 g/mol. The summed E-state index contributed by atoms with van der Waals surface area (Å²) in [7, 11) is 3.34. The number of carbonyl (C=O) groups excluding carboxylic acids is 1. The molecule has 4 heterocycles. The molecule has 1 amide bonds. The number of ether oxygens (including phenoxy) is 2. The zero-order valence-corrected chi connectivity index (χ0v) is 21.4. The van der Waals surface area contributed by atoms with Crippen molar-refractivity contribution in [2.75, 3.05) is 42.8 Å². The number of benzene rings is 1. The summed E-state index contributed by atoms with van der Waals surface area (Å²) < 4.78 is 11.0. The predicted molar refractivity (Wildman–Crippen MR) is 140 cm³/mol. The summed E-state index contributed by atoms with van der Waals surface area (Å²) >= 11 is 0. The van der Waals surface area contributed by atoms with Gasteiger partial charge in [-0.25, -0.2) is 10.4 Å². The summed E-state index contributed by atoms with van der Waals surface area (Å²) in [6, 6.07) is 6.29. The number of hydrogen-bond donors (Lipinski definition) is 4. The number of anilines is 3. The molecule has 10 heteroatoms. The molecule has 4 unspecified atom stereocenters. The molecular formula is C27H35N7O3. The van der Waals surface area contributed by atoms with Gasteiger partial charge in [-0.2, -0.15) is 4.98 Å². The molecule has 2 saturated carbocycles. The monoisotopic (exact) mass is 505 g/mol. The maximum atomic E-state index is 13.1. The molecular weight excluding hydrogens is 470 g/mol. The van der Waals surface area contributed by atoms with Gasteiger partial charge in [-0.1, -0.05) is 0 Å². The summed E-state index contributed by atoms with van der Waals surface area (Å²) in [5.41, 5.74) is 8.71. The van der Waals surface area contributed by atoms with Crippen LogP contribution in [0, 0.1) is 17.8 Å². The van der Waals surface area contributed by atoms with Crippen molar-refractivity contribution >= 4 is 23.4 Å². The maximum Gasteiger partial charge on any atom is 0.235 e. The van der Waals surface area contributed by atoms with Crippen LogP contribution in [-0.2, 0) is 10.2 Å². The topological polar surface area (TPSA) is 113 Å². The summed E-state index contributed by atoms with van der Waals surface area (Å²) in [5.74, 6) is 4.42. The number of rotatable bonds is 6. The van der Waals surface area contributed by atoms with Crippen LogP contribution in [0.5, 0.6) is 11.5 Å². The Kier molecular flexibility index (Phi) is 5.44. The van der Waals surface area contributed by atoms with Crippen LogP contribution in [0.15, 0.2) is 24.4 Å². The van der Waals surface area contributed by atoms with E-state index in [1.165, 1.54) is 12.8 Å². The third kappa shape index (κ3) is 3.64. The van der Waals surface area contributed by atoms with Crippen LogP contribution >= 0.6 is 0 Å². The first kappa shape index (κ1) is 23.0. The Morgan fingerprint density at radius 2 is 2.00 bits per heavy atom. The van der Waals surface area contributed by atoms with Crippen molar-refractivity contribution in [3.8, 4) is 11.5 Å². The van der Waals surface area contributed by atoms with Crippen LogP contribution in [0.1, 0.15) is 44.1 Å². The van der Waals surface area contributed by atoms with Crippen molar-refractivity contribution in [1.82, 2.24) is 20.8 Å². The summed E-state index contributed by atoms with van der Waals surface area (Å²) in [5, 5.41) is 6.74. The smallest absolute Gasteiger partial charge is 0.235 e. The molecule has 4 N–H and O–H groups in total. The highest BCUT2D eigenvalue weighted by atomic mass is 16.5. The van der Waals surface area contributed by atoms with Crippen LogP contribution in [-0.4, -0.2) is 55.4 Å². The zero-order valence-electron chi connectivity index (χ0n) is 21.4. The number of fused-ring (bicyclic) bond motifs is 3. The molecule has 10 nitrogen and oxygen atoms in total. The van der Waals surface area contributed by atoms with Gasteiger partial charge in [0.1, 0.15) is 5.75 Å². The van der Waals surface area contributed by atoms with E-state index in [1.54, 1.807) is 20.4 Å². The van der Waals surface area contributed by atoms with Crippen LogP contribution in [0.25, 0.3) is 0 Å². The second kappa shape index (κ2) is 8.73. The highest BCUT2D eigenvalue weighted by Gasteiger charge is 2.67. The van der Waals surface area contributed by atoms with Crippen LogP contribution in [0.2, 0.25) is 0 Å². The van der Waals surface area contributed by atoms with E-state index in [0.717, 1.165) is 67.5 Å². The van der Waals surface area contributed by atoms with E-state index in [2.05, 4.69) is 37.4 Å². The van der Waals surface area contributed by atoms with Gasteiger partial charge in [-0.05, 0) is 74.1 Å². The minimum absolute atomic E-state index is 0.0501. The third-order valence-corrected chi connectivity index (χ3v) is 9.38. The van der Waals surface area contributed by atoms with E-state index in [-0.39, 0.29) is 17.5 Å². The average Bonchev–Trinajstić information content (AvgIpc) is 3.20. The van der Waals surface area contributed by atoms with E-state index in [0.29, 0.717) is 29.5 Å². The van der Waals surface area contributed by atoms with Gasteiger partial charge >= 0.3 is 0 Å². The molecule has 2 aromatic rings. The van der Waals surface area contributed by atoms with E-state index < -0.39 is 0 Å². The maximum absolute atomic E-state index is 13.1. The van der Waals surface area contributed by atoms with Gasteiger partial charge in [0.15, 0.2) is 11.6 Å². The number of carbonyl (C=O) groups is 1. The fourth-order valence-electron chi connectivity index (χ4n) is 7.35. The van der Waals surface area contributed by atoms with Crippen LogP contribution < -0.4 is 35.9 Å². The molecule has 6 atom stereocenters. The number of hydrogen-bond acceptors (Lipinski definition) is 9. The molecule has 1 aromatic heterocycles. The van der Waals surface area contributed by atoms with Crippen molar-refractivity contribution in [3.63, 3.8) is 0 Å². The molecule has 4 fully saturated rings. The van der Waals surface area contributed by atoms with E-state index in [9.17, 15) is 4.79 Å². The van der Waals surface area contributed by atoms with Crippen molar-refractivity contribution in [1.29, 1.82) is 0 Å². The lowest BCUT2D eigenvalue weighted by atomic mass is 9.74. The molecule has 7 rings (SSSR count).